The molecular formula is C21H16BrClN2O6S. The summed E-state index contributed by atoms with van der Waals surface area (Å²) in [5.41, 5.74) is 1.08. The number of rotatable bonds is 7. The molecule has 1 fully saturated rings. The molecule has 8 nitrogen and oxygen atoms in total. The van der Waals surface area contributed by atoms with Crippen molar-refractivity contribution in [2.75, 3.05) is 25.6 Å². The number of thioether (sulfide) groups is 1. The summed E-state index contributed by atoms with van der Waals surface area (Å²) in [6, 6.07) is 11.5. The molecule has 1 aliphatic rings. The number of carbonyl (C=O) groups excluding carboxylic acids is 4. The topological polar surface area (TPSA) is 102 Å². The Hall–Kier alpha value is -2.82. The second kappa shape index (κ2) is 10.7. The molecule has 166 valence electrons. The number of esters is 1. The zero-order valence-electron chi connectivity index (χ0n) is 16.6. The molecule has 3 rings (SSSR count). The molecule has 1 saturated heterocycles. The summed E-state index contributed by atoms with van der Waals surface area (Å²) in [5.74, 6) is -1.19. The number of halogens is 2. The fourth-order valence-electron chi connectivity index (χ4n) is 2.62. The fraction of sp³-hybridized carbons (Fsp3) is 0.143. The molecule has 3 amide bonds. The molecule has 0 radical (unpaired) electrons. The number of nitrogens with zero attached hydrogens (tertiary/aromatic N) is 1. The first-order valence-corrected chi connectivity index (χ1v) is 11.1. The lowest BCUT2D eigenvalue weighted by Gasteiger charge is -2.12. The molecule has 1 heterocycles. The Labute approximate surface area is 201 Å². The number of imide groups is 1. The third kappa shape index (κ3) is 6.12. The molecule has 1 N–H and O–H groups in total. The first-order chi connectivity index (χ1) is 15.3. The lowest BCUT2D eigenvalue weighted by atomic mass is 10.2. The number of anilines is 1. The van der Waals surface area contributed by atoms with Gasteiger partial charge in [-0.15, -0.1) is 0 Å². The molecule has 0 saturated carbocycles. The van der Waals surface area contributed by atoms with Crippen LogP contribution >= 0.6 is 39.3 Å². The van der Waals surface area contributed by atoms with E-state index in [2.05, 4.69) is 26.0 Å². The van der Waals surface area contributed by atoms with Crippen LogP contribution in [0.1, 0.15) is 5.56 Å². The number of benzene rings is 2. The van der Waals surface area contributed by atoms with Gasteiger partial charge in [-0.2, -0.15) is 0 Å². The van der Waals surface area contributed by atoms with Crippen LogP contribution in [0.25, 0.3) is 6.08 Å². The van der Waals surface area contributed by atoms with E-state index >= 15 is 0 Å². The van der Waals surface area contributed by atoms with E-state index in [0.717, 1.165) is 16.7 Å². The van der Waals surface area contributed by atoms with Gasteiger partial charge in [0.1, 0.15) is 12.3 Å². The highest BCUT2D eigenvalue weighted by Gasteiger charge is 2.36. The van der Waals surface area contributed by atoms with Crippen molar-refractivity contribution < 1.29 is 28.7 Å². The standard InChI is InChI=1S/C21H16BrClN2O6S/c1-30-19(27)11-31-16-6-5-12(7-15(16)22)8-17-20(28)25(21(29)32-17)10-18(26)24-14-4-2-3-13(23)9-14/h2-9H,10-11H2,1H3,(H,24,26)/b17-8+. The Morgan fingerprint density at radius 1 is 1.22 bits per heavy atom. The molecule has 0 unspecified atom stereocenters. The number of ether oxygens (including phenoxy) is 2. The smallest absolute Gasteiger partial charge is 0.343 e. The van der Waals surface area contributed by atoms with Crippen molar-refractivity contribution in [3.05, 3.63) is 62.4 Å². The van der Waals surface area contributed by atoms with Crippen molar-refractivity contribution in [1.82, 2.24) is 4.90 Å². The zero-order valence-corrected chi connectivity index (χ0v) is 19.8. The molecule has 2 aromatic rings. The molecule has 0 spiro atoms. The number of amides is 3. The summed E-state index contributed by atoms with van der Waals surface area (Å²) < 4.78 is 10.4. The largest absolute Gasteiger partial charge is 0.481 e. The predicted octanol–water partition coefficient (Wildman–Crippen LogP) is 4.33. The summed E-state index contributed by atoms with van der Waals surface area (Å²) >= 11 is 9.97. The second-order valence-corrected chi connectivity index (χ2v) is 8.67. The Bertz CT molecular complexity index is 1120. The highest BCUT2D eigenvalue weighted by Crippen LogP contribution is 2.34. The lowest BCUT2D eigenvalue weighted by Crippen LogP contribution is -2.36. The third-order valence-corrected chi connectivity index (χ3v) is 5.87. The van der Waals surface area contributed by atoms with E-state index in [-0.39, 0.29) is 11.5 Å². The van der Waals surface area contributed by atoms with Gasteiger partial charge in [0.15, 0.2) is 6.61 Å². The van der Waals surface area contributed by atoms with Crippen LogP contribution in [0.2, 0.25) is 5.02 Å². The van der Waals surface area contributed by atoms with Crippen molar-refractivity contribution in [1.29, 1.82) is 0 Å². The van der Waals surface area contributed by atoms with Crippen LogP contribution in [0.15, 0.2) is 51.8 Å². The predicted molar refractivity (Wildman–Crippen MR) is 124 cm³/mol. The van der Waals surface area contributed by atoms with Gasteiger partial charge in [-0.25, -0.2) is 4.79 Å². The average Bonchev–Trinajstić information content (AvgIpc) is 3.00. The Kier molecular flexibility index (Phi) is 7.94. The third-order valence-electron chi connectivity index (χ3n) is 4.11. The quantitative estimate of drug-likeness (QED) is 0.413. The maximum absolute atomic E-state index is 12.7. The van der Waals surface area contributed by atoms with Crippen LogP contribution in [-0.2, 0) is 19.1 Å². The van der Waals surface area contributed by atoms with Crippen molar-refractivity contribution in [3.63, 3.8) is 0 Å². The van der Waals surface area contributed by atoms with Gasteiger partial charge in [0.25, 0.3) is 11.1 Å². The van der Waals surface area contributed by atoms with E-state index < -0.39 is 29.6 Å². The van der Waals surface area contributed by atoms with E-state index in [0.29, 0.717) is 26.5 Å². The maximum atomic E-state index is 12.7. The molecule has 0 atom stereocenters. The normalized spacial score (nSPS) is 14.6. The average molecular weight is 540 g/mol. The fourth-order valence-corrected chi connectivity index (χ4v) is 4.16. The first-order valence-electron chi connectivity index (χ1n) is 9.07. The van der Waals surface area contributed by atoms with Crippen LogP contribution in [0, 0.1) is 0 Å². The van der Waals surface area contributed by atoms with Gasteiger partial charge in [-0.1, -0.05) is 23.7 Å². The molecular weight excluding hydrogens is 524 g/mol. The van der Waals surface area contributed by atoms with Crippen LogP contribution in [-0.4, -0.2) is 48.2 Å². The van der Waals surface area contributed by atoms with E-state index in [4.69, 9.17) is 16.3 Å². The summed E-state index contributed by atoms with van der Waals surface area (Å²) in [4.78, 5) is 49.5. The van der Waals surface area contributed by atoms with E-state index in [9.17, 15) is 19.2 Å². The molecule has 0 aromatic heterocycles. The van der Waals surface area contributed by atoms with Crippen LogP contribution in [0.3, 0.4) is 0 Å². The monoisotopic (exact) mass is 538 g/mol. The minimum absolute atomic E-state index is 0.181. The van der Waals surface area contributed by atoms with Gasteiger partial charge in [-0.3, -0.25) is 19.3 Å². The highest BCUT2D eigenvalue weighted by atomic mass is 79.9. The molecule has 2 aromatic carbocycles. The molecule has 32 heavy (non-hydrogen) atoms. The zero-order chi connectivity index (χ0) is 23.3. The van der Waals surface area contributed by atoms with Crippen molar-refractivity contribution in [3.8, 4) is 5.75 Å². The molecule has 1 aliphatic heterocycles. The second-order valence-electron chi connectivity index (χ2n) is 6.38. The minimum Gasteiger partial charge on any atom is -0.481 e. The summed E-state index contributed by atoms with van der Waals surface area (Å²) in [5, 5.41) is 2.51. The van der Waals surface area contributed by atoms with Crippen LogP contribution < -0.4 is 10.1 Å². The van der Waals surface area contributed by atoms with Crippen LogP contribution in [0.4, 0.5) is 10.5 Å². The minimum atomic E-state index is -0.566. The van der Waals surface area contributed by atoms with Gasteiger partial charge in [0, 0.05) is 10.7 Å². The summed E-state index contributed by atoms with van der Waals surface area (Å²) in [7, 11) is 1.26. The lowest BCUT2D eigenvalue weighted by molar-refractivity contribution is -0.142. The van der Waals surface area contributed by atoms with Crippen molar-refractivity contribution >= 4 is 74.1 Å². The molecule has 11 heteroatoms. The summed E-state index contributed by atoms with van der Waals surface area (Å²) in [6.45, 7) is -0.664. The molecule has 0 aliphatic carbocycles. The van der Waals surface area contributed by atoms with E-state index in [1.54, 1.807) is 42.5 Å². The highest BCUT2D eigenvalue weighted by molar-refractivity contribution is 9.10. The number of methoxy groups -OCH3 is 1. The van der Waals surface area contributed by atoms with Crippen molar-refractivity contribution in [2.45, 2.75) is 0 Å². The number of carbonyl (C=O) groups is 4. The van der Waals surface area contributed by atoms with Gasteiger partial charge in [0.05, 0.1) is 16.5 Å². The SMILES string of the molecule is COC(=O)COc1ccc(/C=C2/SC(=O)N(CC(=O)Nc3cccc(Cl)c3)C2=O)cc1Br. The number of nitrogens with one attached hydrogen (secondary N) is 1. The van der Waals surface area contributed by atoms with Crippen molar-refractivity contribution in [2.24, 2.45) is 0 Å². The van der Waals surface area contributed by atoms with Crippen LogP contribution in [0.5, 0.6) is 5.75 Å². The Balaban J connectivity index is 1.66. The number of hydrogen-bond acceptors (Lipinski definition) is 7. The van der Waals surface area contributed by atoms with E-state index in [1.807, 2.05) is 0 Å². The van der Waals surface area contributed by atoms with E-state index in [1.165, 1.54) is 13.2 Å². The Morgan fingerprint density at radius 3 is 2.69 bits per heavy atom. The van der Waals surface area contributed by atoms with Gasteiger partial charge >= 0.3 is 5.97 Å². The van der Waals surface area contributed by atoms with Gasteiger partial charge < -0.3 is 14.8 Å². The van der Waals surface area contributed by atoms with Gasteiger partial charge in [-0.05, 0) is 69.7 Å². The van der Waals surface area contributed by atoms with Gasteiger partial charge in [0.2, 0.25) is 5.91 Å². The first kappa shape index (κ1) is 23.8. The summed E-state index contributed by atoms with van der Waals surface area (Å²) in [6.07, 6.45) is 1.54. The Morgan fingerprint density at radius 2 is 2.00 bits per heavy atom. The molecule has 0 bridgehead atoms. The number of hydrogen-bond donors (Lipinski definition) is 1. The maximum Gasteiger partial charge on any atom is 0.343 e.